The van der Waals surface area contributed by atoms with Crippen molar-refractivity contribution in [1.29, 1.82) is 0 Å². The first-order chi connectivity index (χ1) is 10.2. The van der Waals surface area contributed by atoms with Gasteiger partial charge >= 0.3 is 0 Å². The molecule has 1 aromatic heterocycles. The lowest BCUT2D eigenvalue weighted by Crippen LogP contribution is -2.22. The molecule has 0 bridgehead atoms. The van der Waals surface area contributed by atoms with Crippen LogP contribution in [0.25, 0.3) is 0 Å². The Morgan fingerprint density at radius 1 is 1.19 bits per heavy atom. The van der Waals surface area contributed by atoms with Crippen LogP contribution in [0.5, 0.6) is 5.75 Å². The van der Waals surface area contributed by atoms with E-state index in [4.69, 9.17) is 27.9 Å². The molecule has 0 amide bonds. The maximum absolute atomic E-state index is 6.13. The molecular formula is C15H15Cl2N3O. The van der Waals surface area contributed by atoms with E-state index in [0.29, 0.717) is 21.7 Å². The van der Waals surface area contributed by atoms with E-state index in [-0.39, 0.29) is 6.10 Å². The molecule has 2 aromatic rings. The lowest BCUT2D eigenvalue weighted by molar-refractivity contribution is 0.139. The summed E-state index contributed by atoms with van der Waals surface area (Å²) in [6.07, 6.45) is 5.95. The summed E-state index contributed by atoms with van der Waals surface area (Å²) in [5, 5.41) is 4.46. The minimum atomic E-state index is -0.164. The van der Waals surface area contributed by atoms with Gasteiger partial charge in [0.05, 0.1) is 11.9 Å². The molecule has 2 atom stereocenters. The SMILES string of the molecule is Clc1cc(Cl)cc(OC(c2cnccn2)C2CCNC2)c1. The van der Waals surface area contributed by atoms with E-state index >= 15 is 0 Å². The fraction of sp³-hybridized carbons (Fsp3) is 0.333. The number of nitrogens with zero attached hydrogens (tertiary/aromatic N) is 2. The molecule has 3 rings (SSSR count). The molecule has 4 nitrogen and oxygen atoms in total. The summed E-state index contributed by atoms with van der Waals surface area (Å²) < 4.78 is 6.13. The number of ether oxygens (including phenoxy) is 1. The van der Waals surface area contributed by atoms with E-state index in [2.05, 4.69) is 15.3 Å². The maximum atomic E-state index is 6.13. The number of rotatable bonds is 4. The van der Waals surface area contributed by atoms with Gasteiger partial charge in [0.1, 0.15) is 11.9 Å². The van der Waals surface area contributed by atoms with Crippen molar-refractivity contribution in [1.82, 2.24) is 15.3 Å². The Balaban J connectivity index is 1.88. The van der Waals surface area contributed by atoms with Crippen LogP contribution in [0.4, 0.5) is 0 Å². The van der Waals surface area contributed by atoms with Crippen LogP contribution in [0.2, 0.25) is 10.0 Å². The molecular weight excluding hydrogens is 309 g/mol. The first kappa shape index (κ1) is 14.6. The normalized spacial score (nSPS) is 19.4. The molecule has 1 aromatic carbocycles. The zero-order chi connectivity index (χ0) is 14.7. The highest BCUT2D eigenvalue weighted by Crippen LogP contribution is 2.33. The van der Waals surface area contributed by atoms with Gasteiger partial charge in [0, 0.05) is 34.9 Å². The number of hydrogen-bond acceptors (Lipinski definition) is 4. The van der Waals surface area contributed by atoms with Crippen molar-refractivity contribution in [3.63, 3.8) is 0 Å². The molecule has 2 heterocycles. The third-order valence-corrected chi connectivity index (χ3v) is 3.94. The summed E-state index contributed by atoms with van der Waals surface area (Å²) in [6.45, 7) is 1.89. The van der Waals surface area contributed by atoms with Crippen LogP contribution >= 0.6 is 23.2 Å². The number of aromatic nitrogens is 2. The van der Waals surface area contributed by atoms with Gasteiger partial charge in [-0.05, 0) is 31.2 Å². The third-order valence-electron chi connectivity index (χ3n) is 3.50. The van der Waals surface area contributed by atoms with Crippen molar-refractivity contribution in [2.24, 2.45) is 5.92 Å². The van der Waals surface area contributed by atoms with Gasteiger partial charge in [0.15, 0.2) is 0 Å². The summed E-state index contributed by atoms with van der Waals surface area (Å²) in [5.41, 5.74) is 0.822. The van der Waals surface area contributed by atoms with Crippen LogP contribution in [0, 0.1) is 5.92 Å². The van der Waals surface area contributed by atoms with Gasteiger partial charge in [0.2, 0.25) is 0 Å². The van der Waals surface area contributed by atoms with Crippen LogP contribution < -0.4 is 10.1 Å². The minimum Gasteiger partial charge on any atom is -0.484 e. The molecule has 1 saturated heterocycles. The Bertz CT molecular complexity index is 583. The van der Waals surface area contributed by atoms with Crippen molar-refractivity contribution in [3.05, 3.63) is 52.5 Å². The summed E-state index contributed by atoms with van der Waals surface area (Å²) in [4.78, 5) is 8.52. The Morgan fingerprint density at radius 2 is 2.00 bits per heavy atom. The number of nitrogens with one attached hydrogen (secondary N) is 1. The highest BCUT2D eigenvalue weighted by Gasteiger charge is 2.29. The quantitative estimate of drug-likeness (QED) is 0.935. The molecule has 110 valence electrons. The molecule has 0 radical (unpaired) electrons. The van der Waals surface area contributed by atoms with Crippen LogP contribution in [0.3, 0.4) is 0 Å². The molecule has 1 aliphatic heterocycles. The molecule has 1 aliphatic rings. The van der Waals surface area contributed by atoms with Gasteiger partial charge in [0.25, 0.3) is 0 Å². The number of hydrogen-bond donors (Lipinski definition) is 1. The highest BCUT2D eigenvalue weighted by atomic mass is 35.5. The standard InChI is InChI=1S/C15H15Cl2N3O/c16-11-5-12(17)7-13(6-11)21-15(10-1-2-18-8-10)14-9-19-3-4-20-14/h3-7,9-10,15,18H,1-2,8H2. The molecule has 0 aliphatic carbocycles. The number of halogens is 2. The maximum Gasteiger partial charge on any atom is 0.146 e. The fourth-order valence-electron chi connectivity index (χ4n) is 2.53. The summed E-state index contributed by atoms with van der Waals surface area (Å²) in [5.74, 6) is 0.995. The van der Waals surface area contributed by atoms with Crippen LogP contribution in [0.15, 0.2) is 36.8 Å². The Morgan fingerprint density at radius 3 is 2.62 bits per heavy atom. The first-order valence-electron chi connectivity index (χ1n) is 6.82. The Hall–Kier alpha value is -1.36. The van der Waals surface area contributed by atoms with E-state index in [9.17, 15) is 0 Å². The largest absolute Gasteiger partial charge is 0.484 e. The smallest absolute Gasteiger partial charge is 0.146 e. The third kappa shape index (κ3) is 3.64. The predicted molar refractivity (Wildman–Crippen MR) is 82.8 cm³/mol. The second kappa shape index (κ2) is 6.60. The van der Waals surface area contributed by atoms with E-state index < -0.39 is 0 Å². The van der Waals surface area contributed by atoms with Gasteiger partial charge in [-0.1, -0.05) is 23.2 Å². The zero-order valence-corrected chi connectivity index (χ0v) is 12.8. The highest BCUT2D eigenvalue weighted by molar-refractivity contribution is 6.34. The topological polar surface area (TPSA) is 47.0 Å². The van der Waals surface area contributed by atoms with Gasteiger partial charge in [-0.3, -0.25) is 9.97 Å². The summed E-state index contributed by atoms with van der Waals surface area (Å²) in [6, 6.07) is 5.21. The average Bonchev–Trinajstić information content (AvgIpc) is 2.98. The van der Waals surface area contributed by atoms with Crippen molar-refractivity contribution >= 4 is 23.2 Å². The fourth-order valence-corrected chi connectivity index (χ4v) is 3.04. The zero-order valence-electron chi connectivity index (χ0n) is 11.3. The first-order valence-corrected chi connectivity index (χ1v) is 7.57. The van der Waals surface area contributed by atoms with Gasteiger partial charge < -0.3 is 10.1 Å². The van der Waals surface area contributed by atoms with Crippen LogP contribution in [-0.4, -0.2) is 23.1 Å². The Kier molecular flexibility index (Phi) is 4.58. The second-order valence-corrected chi connectivity index (χ2v) is 5.90. The lowest BCUT2D eigenvalue weighted by Gasteiger charge is -2.23. The van der Waals surface area contributed by atoms with Crippen molar-refractivity contribution < 1.29 is 4.74 Å². The lowest BCUT2D eigenvalue weighted by atomic mass is 9.99. The molecule has 0 spiro atoms. The van der Waals surface area contributed by atoms with E-state index in [1.54, 1.807) is 36.8 Å². The molecule has 0 saturated carbocycles. The van der Waals surface area contributed by atoms with Crippen LogP contribution in [0.1, 0.15) is 18.2 Å². The van der Waals surface area contributed by atoms with Gasteiger partial charge in [-0.15, -0.1) is 0 Å². The average molecular weight is 324 g/mol. The van der Waals surface area contributed by atoms with Gasteiger partial charge in [-0.2, -0.15) is 0 Å². The predicted octanol–water partition coefficient (Wildman–Crippen LogP) is 3.51. The van der Waals surface area contributed by atoms with E-state index in [1.165, 1.54) is 0 Å². The summed E-state index contributed by atoms with van der Waals surface area (Å²) >= 11 is 12.1. The molecule has 6 heteroatoms. The molecule has 1 N–H and O–H groups in total. The second-order valence-electron chi connectivity index (χ2n) is 5.03. The minimum absolute atomic E-state index is 0.164. The molecule has 21 heavy (non-hydrogen) atoms. The van der Waals surface area contributed by atoms with Gasteiger partial charge in [-0.25, -0.2) is 0 Å². The van der Waals surface area contributed by atoms with Crippen molar-refractivity contribution in [3.8, 4) is 5.75 Å². The van der Waals surface area contributed by atoms with E-state index in [1.807, 2.05) is 0 Å². The summed E-state index contributed by atoms with van der Waals surface area (Å²) in [7, 11) is 0. The molecule has 1 fully saturated rings. The van der Waals surface area contributed by atoms with E-state index in [0.717, 1.165) is 25.2 Å². The van der Waals surface area contributed by atoms with Crippen molar-refractivity contribution in [2.45, 2.75) is 12.5 Å². The monoisotopic (exact) mass is 323 g/mol. The Labute approximate surface area is 133 Å². The van der Waals surface area contributed by atoms with Crippen molar-refractivity contribution in [2.75, 3.05) is 13.1 Å². The van der Waals surface area contributed by atoms with Crippen LogP contribution in [-0.2, 0) is 0 Å². The molecule has 2 unspecified atom stereocenters. The number of benzene rings is 1.